The topological polar surface area (TPSA) is 68.0 Å². The number of hydrogen-bond donors (Lipinski definition) is 2. The molecule has 0 saturated heterocycles. The summed E-state index contributed by atoms with van der Waals surface area (Å²) in [6, 6.07) is -0.439. The van der Waals surface area contributed by atoms with Crippen LogP contribution in [0.15, 0.2) is 6.20 Å². The van der Waals surface area contributed by atoms with Crippen LogP contribution >= 0.6 is 11.3 Å². The Morgan fingerprint density at radius 3 is 2.80 bits per heavy atom. The van der Waals surface area contributed by atoms with Gasteiger partial charge in [-0.3, -0.25) is 4.79 Å². The van der Waals surface area contributed by atoms with Crippen LogP contribution < -0.4 is 11.1 Å². The number of nitrogens with zero attached hydrogens (tertiary/aromatic N) is 1. The third kappa shape index (κ3) is 3.60. The van der Waals surface area contributed by atoms with Gasteiger partial charge in [-0.25, -0.2) is 4.98 Å². The Morgan fingerprint density at radius 2 is 2.33 bits per heavy atom. The first-order valence-electron chi connectivity index (χ1n) is 4.95. The quantitative estimate of drug-likeness (QED) is 0.808. The van der Waals surface area contributed by atoms with Gasteiger partial charge in [0.15, 0.2) is 0 Å². The normalized spacial score (nSPS) is 12.9. The van der Waals surface area contributed by atoms with E-state index in [2.05, 4.69) is 10.3 Å². The molecule has 0 saturated carbocycles. The minimum atomic E-state index is -0.439. The molecule has 0 aliphatic heterocycles. The minimum Gasteiger partial charge on any atom is -0.348 e. The lowest BCUT2D eigenvalue weighted by atomic mass is 10.1. The number of carbonyl (C=O) groups excluding carboxylic acids is 1. The van der Waals surface area contributed by atoms with Crippen LogP contribution in [0.25, 0.3) is 0 Å². The van der Waals surface area contributed by atoms with Crippen molar-refractivity contribution in [2.75, 3.05) is 0 Å². The number of nitrogens with one attached hydrogen (secondary N) is 1. The molecule has 1 heterocycles. The Balaban J connectivity index is 2.40. The molecule has 0 radical (unpaired) electrons. The van der Waals surface area contributed by atoms with Crippen molar-refractivity contribution in [3.05, 3.63) is 16.1 Å². The van der Waals surface area contributed by atoms with Crippen LogP contribution in [0.4, 0.5) is 0 Å². The monoisotopic (exact) mass is 227 g/mol. The van der Waals surface area contributed by atoms with Crippen LogP contribution in [-0.4, -0.2) is 16.9 Å². The fourth-order valence-electron chi connectivity index (χ4n) is 1.07. The summed E-state index contributed by atoms with van der Waals surface area (Å²) in [6.45, 7) is 6.32. The number of rotatable bonds is 4. The Morgan fingerprint density at radius 1 is 1.67 bits per heavy atom. The van der Waals surface area contributed by atoms with Gasteiger partial charge in [-0.15, -0.1) is 11.3 Å². The van der Waals surface area contributed by atoms with E-state index < -0.39 is 6.04 Å². The summed E-state index contributed by atoms with van der Waals surface area (Å²) in [6.07, 6.45) is 1.80. The fraction of sp³-hybridized carbons (Fsp3) is 0.600. The smallest absolute Gasteiger partial charge is 0.237 e. The van der Waals surface area contributed by atoms with Crippen molar-refractivity contribution in [2.24, 2.45) is 11.7 Å². The number of thiazole rings is 1. The fourth-order valence-corrected chi connectivity index (χ4v) is 1.79. The Bertz CT molecular complexity index is 335. The minimum absolute atomic E-state index is 0.113. The van der Waals surface area contributed by atoms with Gasteiger partial charge in [0.1, 0.15) is 5.01 Å². The molecule has 1 rings (SSSR count). The molecule has 4 nitrogen and oxygen atoms in total. The molecule has 0 spiro atoms. The lowest BCUT2D eigenvalue weighted by Gasteiger charge is -2.14. The standard InChI is InChI=1S/C10H17N3OS/c1-6(2)9(11)10(14)13-5-8-12-4-7(3)15-8/h4,6,9H,5,11H2,1-3H3,(H,13,14)/t9-/m0/s1. The van der Waals surface area contributed by atoms with E-state index in [0.29, 0.717) is 6.54 Å². The molecule has 0 bridgehead atoms. The summed E-state index contributed by atoms with van der Waals surface area (Å²) in [5, 5.41) is 3.69. The van der Waals surface area contributed by atoms with Gasteiger partial charge in [0, 0.05) is 11.1 Å². The Labute approximate surface area is 93.9 Å². The average molecular weight is 227 g/mol. The highest BCUT2D eigenvalue weighted by Gasteiger charge is 2.16. The maximum Gasteiger partial charge on any atom is 0.237 e. The molecule has 5 heteroatoms. The molecule has 0 fully saturated rings. The van der Waals surface area contributed by atoms with Crippen LogP contribution in [0, 0.1) is 12.8 Å². The van der Waals surface area contributed by atoms with Gasteiger partial charge in [0.2, 0.25) is 5.91 Å². The molecule has 1 aromatic heterocycles. The zero-order chi connectivity index (χ0) is 11.4. The van der Waals surface area contributed by atoms with Crippen molar-refractivity contribution < 1.29 is 4.79 Å². The average Bonchev–Trinajstić information content (AvgIpc) is 2.59. The van der Waals surface area contributed by atoms with E-state index in [1.54, 1.807) is 17.5 Å². The molecule has 15 heavy (non-hydrogen) atoms. The maximum absolute atomic E-state index is 11.5. The molecule has 0 aliphatic rings. The highest BCUT2D eigenvalue weighted by molar-refractivity contribution is 7.11. The van der Waals surface area contributed by atoms with Gasteiger partial charge in [0.05, 0.1) is 12.6 Å². The van der Waals surface area contributed by atoms with Gasteiger partial charge in [0.25, 0.3) is 0 Å². The molecule has 1 aromatic rings. The molecular weight excluding hydrogens is 210 g/mol. The molecule has 1 atom stereocenters. The van der Waals surface area contributed by atoms with Crippen molar-refractivity contribution in [1.29, 1.82) is 0 Å². The maximum atomic E-state index is 11.5. The third-order valence-electron chi connectivity index (χ3n) is 2.10. The number of nitrogens with two attached hydrogens (primary N) is 1. The lowest BCUT2D eigenvalue weighted by Crippen LogP contribution is -2.43. The van der Waals surface area contributed by atoms with Crippen LogP contribution in [0.1, 0.15) is 23.7 Å². The van der Waals surface area contributed by atoms with Gasteiger partial charge >= 0.3 is 0 Å². The first-order chi connectivity index (χ1) is 7.00. The highest BCUT2D eigenvalue weighted by Crippen LogP contribution is 2.10. The molecule has 1 amide bonds. The molecule has 84 valence electrons. The first-order valence-corrected chi connectivity index (χ1v) is 5.77. The van der Waals surface area contributed by atoms with Crippen molar-refractivity contribution in [2.45, 2.75) is 33.4 Å². The highest BCUT2D eigenvalue weighted by atomic mass is 32.1. The molecule has 0 aliphatic carbocycles. The van der Waals surface area contributed by atoms with Crippen molar-refractivity contribution in [3.63, 3.8) is 0 Å². The first kappa shape index (κ1) is 12.1. The predicted octanol–water partition coefficient (Wildman–Crippen LogP) is 1.05. The largest absolute Gasteiger partial charge is 0.348 e. The number of aryl methyl sites for hydroxylation is 1. The number of amides is 1. The van der Waals surface area contributed by atoms with E-state index in [4.69, 9.17) is 5.73 Å². The van der Waals surface area contributed by atoms with Gasteiger partial charge in [-0.05, 0) is 12.8 Å². The second-order valence-electron chi connectivity index (χ2n) is 3.85. The molecule has 0 unspecified atom stereocenters. The second kappa shape index (κ2) is 5.23. The lowest BCUT2D eigenvalue weighted by molar-refractivity contribution is -0.123. The zero-order valence-electron chi connectivity index (χ0n) is 9.28. The summed E-state index contributed by atoms with van der Waals surface area (Å²) < 4.78 is 0. The second-order valence-corrected chi connectivity index (χ2v) is 5.17. The number of hydrogen-bond acceptors (Lipinski definition) is 4. The van der Waals surface area contributed by atoms with Crippen LogP contribution in [0.2, 0.25) is 0 Å². The van der Waals surface area contributed by atoms with Gasteiger partial charge in [-0.1, -0.05) is 13.8 Å². The Kier molecular flexibility index (Phi) is 4.23. The van der Waals surface area contributed by atoms with E-state index in [1.807, 2.05) is 20.8 Å². The number of carbonyl (C=O) groups is 1. The van der Waals surface area contributed by atoms with E-state index in [9.17, 15) is 4.79 Å². The predicted molar refractivity (Wildman–Crippen MR) is 61.5 cm³/mol. The molecule has 0 aromatic carbocycles. The zero-order valence-corrected chi connectivity index (χ0v) is 10.1. The van der Waals surface area contributed by atoms with E-state index in [0.717, 1.165) is 9.88 Å². The molecule has 3 N–H and O–H groups in total. The van der Waals surface area contributed by atoms with Crippen LogP contribution in [0.3, 0.4) is 0 Å². The van der Waals surface area contributed by atoms with Crippen molar-refractivity contribution in [1.82, 2.24) is 10.3 Å². The van der Waals surface area contributed by atoms with E-state index in [-0.39, 0.29) is 11.8 Å². The van der Waals surface area contributed by atoms with E-state index in [1.165, 1.54) is 0 Å². The SMILES string of the molecule is Cc1cnc(CNC(=O)[C@@H](N)C(C)C)s1. The van der Waals surface area contributed by atoms with Crippen molar-refractivity contribution in [3.8, 4) is 0 Å². The number of aromatic nitrogens is 1. The summed E-state index contributed by atoms with van der Waals surface area (Å²) in [7, 11) is 0. The summed E-state index contributed by atoms with van der Waals surface area (Å²) in [5.74, 6) is 0.0425. The summed E-state index contributed by atoms with van der Waals surface area (Å²) in [5.41, 5.74) is 5.70. The Hall–Kier alpha value is -0.940. The van der Waals surface area contributed by atoms with Crippen molar-refractivity contribution >= 4 is 17.2 Å². The summed E-state index contributed by atoms with van der Waals surface area (Å²) in [4.78, 5) is 16.8. The van der Waals surface area contributed by atoms with E-state index >= 15 is 0 Å². The van der Waals surface area contributed by atoms with Crippen LogP contribution in [0.5, 0.6) is 0 Å². The van der Waals surface area contributed by atoms with Gasteiger partial charge < -0.3 is 11.1 Å². The van der Waals surface area contributed by atoms with Gasteiger partial charge in [-0.2, -0.15) is 0 Å². The third-order valence-corrected chi connectivity index (χ3v) is 3.02. The summed E-state index contributed by atoms with van der Waals surface area (Å²) >= 11 is 1.58. The molecular formula is C10H17N3OS. The van der Waals surface area contributed by atoms with Crippen LogP contribution in [-0.2, 0) is 11.3 Å².